The molecule has 35 heavy (non-hydrogen) atoms. The summed E-state index contributed by atoms with van der Waals surface area (Å²) in [5.41, 5.74) is 3.96. The SMILES string of the molecule is CCCCOc1cc(OCCCC)c(C(C)C)cc1C(=O)N1Cc2ccc(OCCNC)cc2C1. The number of nitrogens with one attached hydrogen (secondary N) is 1. The van der Waals surface area contributed by atoms with Crippen molar-refractivity contribution in [3.8, 4) is 17.2 Å². The topological polar surface area (TPSA) is 60.0 Å². The lowest BCUT2D eigenvalue weighted by atomic mass is 9.98. The Hall–Kier alpha value is -2.73. The van der Waals surface area contributed by atoms with Crippen LogP contribution < -0.4 is 19.5 Å². The monoisotopic (exact) mass is 482 g/mol. The lowest BCUT2D eigenvalue weighted by molar-refractivity contribution is 0.0746. The summed E-state index contributed by atoms with van der Waals surface area (Å²) in [6.45, 7) is 12.4. The standard InChI is InChI=1S/C29H42N2O4/c1-6-8-13-34-27-18-28(35-14-9-7-2)26(17-25(27)21(3)4)29(32)31-19-22-10-11-24(16-23(22)20-31)33-15-12-30-5/h10-11,16-18,21,30H,6-9,12-15,19-20H2,1-5H3. The second kappa shape index (κ2) is 13.4. The van der Waals surface area contributed by atoms with Crippen LogP contribution in [0.5, 0.6) is 17.2 Å². The minimum atomic E-state index is -0.00708. The zero-order valence-corrected chi connectivity index (χ0v) is 22.1. The number of ether oxygens (including phenoxy) is 3. The Kier molecular flexibility index (Phi) is 10.3. The highest BCUT2D eigenvalue weighted by Crippen LogP contribution is 2.36. The number of likely N-dealkylation sites (N-methyl/N-ethyl adjacent to an activating group) is 1. The minimum absolute atomic E-state index is 0.00708. The summed E-state index contributed by atoms with van der Waals surface area (Å²) in [6.07, 6.45) is 4.05. The molecule has 3 rings (SSSR count). The molecule has 0 fully saturated rings. The molecule has 0 unspecified atom stereocenters. The maximum atomic E-state index is 13.8. The fourth-order valence-electron chi connectivity index (χ4n) is 4.14. The van der Waals surface area contributed by atoms with Gasteiger partial charge >= 0.3 is 0 Å². The summed E-state index contributed by atoms with van der Waals surface area (Å²) >= 11 is 0. The van der Waals surface area contributed by atoms with Crippen LogP contribution in [0, 0.1) is 0 Å². The third kappa shape index (κ3) is 7.14. The quantitative estimate of drug-likeness (QED) is 0.339. The number of carbonyl (C=O) groups is 1. The molecule has 0 saturated heterocycles. The molecule has 0 spiro atoms. The average molecular weight is 483 g/mol. The van der Waals surface area contributed by atoms with E-state index in [4.69, 9.17) is 14.2 Å². The fraction of sp³-hybridized carbons (Fsp3) is 0.552. The van der Waals surface area contributed by atoms with Crippen molar-refractivity contribution in [1.82, 2.24) is 10.2 Å². The van der Waals surface area contributed by atoms with E-state index in [-0.39, 0.29) is 11.8 Å². The van der Waals surface area contributed by atoms with Crippen LogP contribution in [-0.2, 0) is 13.1 Å². The average Bonchev–Trinajstić information content (AvgIpc) is 3.27. The van der Waals surface area contributed by atoms with Gasteiger partial charge in [-0.05, 0) is 60.7 Å². The summed E-state index contributed by atoms with van der Waals surface area (Å²) in [7, 11) is 1.91. The van der Waals surface area contributed by atoms with Gasteiger partial charge in [-0.25, -0.2) is 0 Å². The third-order valence-electron chi connectivity index (χ3n) is 6.28. The van der Waals surface area contributed by atoms with Crippen LogP contribution in [0.1, 0.15) is 86.3 Å². The first-order chi connectivity index (χ1) is 17.0. The zero-order chi connectivity index (χ0) is 25.2. The van der Waals surface area contributed by atoms with Crippen LogP contribution in [0.2, 0.25) is 0 Å². The molecule has 1 amide bonds. The highest BCUT2D eigenvalue weighted by atomic mass is 16.5. The van der Waals surface area contributed by atoms with Gasteiger partial charge in [0.05, 0.1) is 18.8 Å². The Bertz CT molecular complexity index is 973. The molecule has 192 valence electrons. The van der Waals surface area contributed by atoms with Crippen molar-refractivity contribution in [2.45, 2.75) is 72.4 Å². The van der Waals surface area contributed by atoms with Crippen molar-refractivity contribution < 1.29 is 19.0 Å². The smallest absolute Gasteiger partial charge is 0.258 e. The number of carbonyl (C=O) groups excluding carboxylic acids is 1. The van der Waals surface area contributed by atoms with E-state index >= 15 is 0 Å². The van der Waals surface area contributed by atoms with Gasteiger partial charge in [-0.15, -0.1) is 0 Å². The molecule has 0 atom stereocenters. The minimum Gasteiger partial charge on any atom is -0.493 e. The van der Waals surface area contributed by atoms with Gasteiger partial charge in [0, 0.05) is 25.7 Å². The number of hydrogen-bond acceptors (Lipinski definition) is 5. The van der Waals surface area contributed by atoms with Crippen LogP contribution in [0.3, 0.4) is 0 Å². The maximum absolute atomic E-state index is 13.8. The molecule has 6 nitrogen and oxygen atoms in total. The molecule has 2 aromatic carbocycles. The fourth-order valence-corrected chi connectivity index (χ4v) is 4.14. The van der Waals surface area contributed by atoms with Crippen molar-refractivity contribution in [1.29, 1.82) is 0 Å². The predicted molar refractivity (Wildman–Crippen MR) is 141 cm³/mol. The van der Waals surface area contributed by atoms with Crippen LogP contribution in [-0.4, -0.2) is 44.2 Å². The highest BCUT2D eigenvalue weighted by Gasteiger charge is 2.28. The molecular formula is C29H42N2O4. The van der Waals surface area contributed by atoms with Gasteiger partial charge in [-0.3, -0.25) is 4.79 Å². The van der Waals surface area contributed by atoms with Gasteiger partial charge < -0.3 is 24.4 Å². The summed E-state index contributed by atoms with van der Waals surface area (Å²) < 4.78 is 18.1. The number of benzene rings is 2. The first kappa shape index (κ1) is 26.9. The molecule has 1 heterocycles. The van der Waals surface area contributed by atoms with Crippen LogP contribution in [0.25, 0.3) is 0 Å². The summed E-state index contributed by atoms with van der Waals surface area (Å²) in [6, 6.07) is 10.0. The normalized spacial score (nSPS) is 12.7. The van der Waals surface area contributed by atoms with Gasteiger partial charge in [0.2, 0.25) is 0 Å². The van der Waals surface area contributed by atoms with E-state index in [0.717, 1.165) is 60.4 Å². The molecule has 1 aliphatic heterocycles. The number of rotatable bonds is 14. The van der Waals surface area contributed by atoms with Crippen molar-refractivity contribution in [2.75, 3.05) is 33.4 Å². The first-order valence-electron chi connectivity index (χ1n) is 13.1. The highest BCUT2D eigenvalue weighted by molar-refractivity contribution is 5.98. The first-order valence-corrected chi connectivity index (χ1v) is 13.1. The number of fused-ring (bicyclic) bond motifs is 1. The molecule has 1 N–H and O–H groups in total. The van der Waals surface area contributed by atoms with Crippen molar-refractivity contribution in [3.63, 3.8) is 0 Å². The van der Waals surface area contributed by atoms with E-state index in [1.165, 1.54) is 0 Å². The van der Waals surface area contributed by atoms with E-state index in [2.05, 4.69) is 45.1 Å². The molecule has 0 bridgehead atoms. The van der Waals surface area contributed by atoms with E-state index in [1.807, 2.05) is 30.1 Å². The summed E-state index contributed by atoms with van der Waals surface area (Å²) in [5.74, 6) is 2.51. The van der Waals surface area contributed by atoms with Crippen molar-refractivity contribution in [2.24, 2.45) is 0 Å². The Morgan fingerprint density at radius 1 is 0.914 bits per heavy atom. The Labute approximate surface area is 210 Å². The van der Waals surface area contributed by atoms with Gasteiger partial charge in [-0.2, -0.15) is 0 Å². The van der Waals surface area contributed by atoms with Gasteiger partial charge in [0.15, 0.2) is 0 Å². The van der Waals surface area contributed by atoms with Gasteiger partial charge in [-0.1, -0.05) is 46.6 Å². The van der Waals surface area contributed by atoms with Gasteiger partial charge in [0.1, 0.15) is 23.9 Å². The number of nitrogens with zero attached hydrogens (tertiary/aromatic N) is 1. The van der Waals surface area contributed by atoms with Crippen molar-refractivity contribution in [3.05, 3.63) is 52.6 Å². The number of hydrogen-bond donors (Lipinski definition) is 1. The molecule has 0 saturated carbocycles. The molecule has 0 aromatic heterocycles. The van der Waals surface area contributed by atoms with Crippen LogP contribution >= 0.6 is 0 Å². The molecular weight excluding hydrogens is 440 g/mol. The Morgan fingerprint density at radius 2 is 1.60 bits per heavy atom. The van der Waals surface area contributed by atoms with Crippen LogP contribution in [0.15, 0.2) is 30.3 Å². The van der Waals surface area contributed by atoms with E-state index in [9.17, 15) is 4.79 Å². The molecule has 6 heteroatoms. The number of amides is 1. The van der Waals surface area contributed by atoms with Gasteiger partial charge in [0.25, 0.3) is 5.91 Å². The van der Waals surface area contributed by atoms with E-state index < -0.39 is 0 Å². The zero-order valence-electron chi connectivity index (χ0n) is 22.1. The Balaban J connectivity index is 1.85. The van der Waals surface area contributed by atoms with E-state index in [1.54, 1.807) is 0 Å². The second-order valence-electron chi connectivity index (χ2n) is 9.49. The largest absolute Gasteiger partial charge is 0.493 e. The van der Waals surface area contributed by atoms with Crippen molar-refractivity contribution >= 4 is 5.91 Å². The summed E-state index contributed by atoms with van der Waals surface area (Å²) in [4.78, 5) is 15.7. The molecule has 0 radical (unpaired) electrons. The lowest BCUT2D eigenvalue weighted by Gasteiger charge is -2.22. The summed E-state index contributed by atoms with van der Waals surface area (Å²) in [5, 5.41) is 3.09. The van der Waals surface area contributed by atoms with Crippen LogP contribution in [0.4, 0.5) is 0 Å². The van der Waals surface area contributed by atoms with E-state index in [0.29, 0.717) is 44.2 Å². The Morgan fingerprint density at radius 3 is 2.26 bits per heavy atom. The maximum Gasteiger partial charge on any atom is 0.258 e. The lowest BCUT2D eigenvalue weighted by Crippen LogP contribution is -2.26. The third-order valence-corrected chi connectivity index (χ3v) is 6.28. The number of unbranched alkanes of at least 4 members (excludes halogenated alkanes) is 2. The molecule has 1 aliphatic rings. The molecule has 0 aliphatic carbocycles. The molecule has 2 aromatic rings. The predicted octanol–water partition coefficient (Wildman–Crippen LogP) is 5.92. The second-order valence-corrected chi connectivity index (χ2v) is 9.49.